The highest BCUT2D eigenvalue weighted by Gasteiger charge is 2.04. The number of nitrogens with one attached hydrogen (secondary N) is 1. The van der Waals surface area contributed by atoms with Crippen LogP contribution in [0.3, 0.4) is 0 Å². The molecule has 0 bridgehead atoms. The van der Waals surface area contributed by atoms with E-state index < -0.39 is 0 Å². The lowest BCUT2D eigenvalue weighted by Crippen LogP contribution is -2.28. The number of hydrogen-bond acceptors (Lipinski definition) is 2. The topological polar surface area (TPSA) is 12.0 Å². The van der Waals surface area contributed by atoms with Crippen LogP contribution >= 0.6 is 11.8 Å². The van der Waals surface area contributed by atoms with E-state index in [9.17, 15) is 0 Å². The van der Waals surface area contributed by atoms with Crippen molar-refractivity contribution in [1.82, 2.24) is 5.32 Å². The molecule has 0 spiro atoms. The second kappa shape index (κ2) is 8.60. The molecule has 0 aliphatic heterocycles. The predicted molar refractivity (Wildman–Crippen MR) is 84.6 cm³/mol. The van der Waals surface area contributed by atoms with E-state index in [0.717, 1.165) is 11.8 Å². The maximum absolute atomic E-state index is 3.62. The Kier molecular flexibility index (Phi) is 7.45. The number of benzene rings is 1. The lowest BCUT2D eigenvalue weighted by Gasteiger charge is -2.15. The summed E-state index contributed by atoms with van der Waals surface area (Å²) in [6.07, 6.45) is 5.84. The molecule has 0 saturated carbocycles. The van der Waals surface area contributed by atoms with Gasteiger partial charge in [0.1, 0.15) is 0 Å². The Morgan fingerprint density at radius 3 is 2.67 bits per heavy atom. The first-order valence-corrected chi connectivity index (χ1v) is 8.22. The summed E-state index contributed by atoms with van der Waals surface area (Å²) in [4.78, 5) is 0. The summed E-state index contributed by atoms with van der Waals surface area (Å²) in [6, 6.07) is 9.45. The predicted octanol–water partition coefficient (Wildman–Crippen LogP) is 4.05. The van der Waals surface area contributed by atoms with E-state index in [4.69, 9.17) is 0 Å². The lowest BCUT2D eigenvalue weighted by molar-refractivity contribution is 0.506. The second-order valence-electron chi connectivity index (χ2n) is 5.22. The summed E-state index contributed by atoms with van der Waals surface area (Å²) >= 11 is 1.95. The average Bonchev–Trinajstić information content (AvgIpc) is 2.36. The fraction of sp³-hybridized carbons (Fsp3) is 0.625. The zero-order chi connectivity index (χ0) is 13.4. The van der Waals surface area contributed by atoms with Crippen molar-refractivity contribution < 1.29 is 0 Å². The largest absolute Gasteiger partial charge is 0.314 e. The SMILES string of the molecule is CSC(C)CCNC(C)CCc1cccc(C)c1. The molecule has 1 rings (SSSR count). The molecule has 0 fully saturated rings. The minimum absolute atomic E-state index is 0.611. The van der Waals surface area contributed by atoms with Gasteiger partial charge in [0.15, 0.2) is 0 Å². The molecule has 0 aromatic heterocycles. The maximum atomic E-state index is 3.62. The molecule has 0 heterocycles. The number of thioether (sulfide) groups is 1. The minimum atomic E-state index is 0.611. The molecule has 1 aromatic rings. The van der Waals surface area contributed by atoms with Crippen molar-refractivity contribution in [2.75, 3.05) is 12.8 Å². The maximum Gasteiger partial charge on any atom is 0.00418 e. The van der Waals surface area contributed by atoms with Crippen molar-refractivity contribution in [2.24, 2.45) is 0 Å². The molecule has 0 aliphatic rings. The van der Waals surface area contributed by atoms with E-state index in [2.05, 4.69) is 56.6 Å². The van der Waals surface area contributed by atoms with Gasteiger partial charge in [-0.3, -0.25) is 0 Å². The Labute approximate surface area is 117 Å². The first kappa shape index (κ1) is 15.6. The van der Waals surface area contributed by atoms with Gasteiger partial charge in [-0.25, -0.2) is 0 Å². The van der Waals surface area contributed by atoms with Crippen molar-refractivity contribution in [3.8, 4) is 0 Å². The quantitative estimate of drug-likeness (QED) is 0.761. The van der Waals surface area contributed by atoms with E-state index in [1.54, 1.807) is 0 Å². The van der Waals surface area contributed by atoms with Crippen LogP contribution in [0.15, 0.2) is 24.3 Å². The highest BCUT2D eigenvalue weighted by Crippen LogP contribution is 2.10. The zero-order valence-electron chi connectivity index (χ0n) is 12.2. The van der Waals surface area contributed by atoms with E-state index in [1.807, 2.05) is 11.8 Å². The molecule has 0 radical (unpaired) electrons. The first-order valence-electron chi connectivity index (χ1n) is 6.93. The van der Waals surface area contributed by atoms with Crippen LogP contribution in [0.25, 0.3) is 0 Å². The van der Waals surface area contributed by atoms with Gasteiger partial charge < -0.3 is 5.32 Å². The van der Waals surface area contributed by atoms with Gasteiger partial charge in [-0.2, -0.15) is 11.8 Å². The summed E-state index contributed by atoms with van der Waals surface area (Å²) in [5, 5.41) is 4.38. The first-order chi connectivity index (χ1) is 8.61. The summed E-state index contributed by atoms with van der Waals surface area (Å²) < 4.78 is 0. The van der Waals surface area contributed by atoms with Gasteiger partial charge in [-0.1, -0.05) is 36.8 Å². The third-order valence-electron chi connectivity index (χ3n) is 3.39. The molecule has 1 aromatic carbocycles. The van der Waals surface area contributed by atoms with Gasteiger partial charge in [0.25, 0.3) is 0 Å². The molecule has 1 N–H and O–H groups in total. The van der Waals surface area contributed by atoms with E-state index in [1.165, 1.54) is 30.4 Å². The van der Waals surface area contributed by atoms with Gasteiger partial charge >= 0.3 is 0 Å². The lowest BCUT2D eigenvalue weighted by atomic mass is 10.0. The third-order valence-corrected chi connectivity index (χ3v) is 4.43. The highest BCUT2D eigenvalue weighted by molar-refractivity contribution is 7.99. The molecule has 102 valence electrons. The van der Waals surface area contributed by atoms with Crippen molar-refractivity contribution in [3.63, 3.8) is 0 Å². The third kappa shape index (κ3) is 6.46. The summed E-state index contributed by atoms with van der Waals surface area (Å²) in [5.74, 6) is 0. The number of hydrogen-bond donors (Lipinski definition) is 1. The molecule has 18 heavy (non-hydrogen) atoms. The Hall–Kier alpha value is -0.470. The van der Waals surface area contributed by atoms with Crippen LogP contribution in [0.4, 0.5) is 0 Å². The number of rotatable bonds is 8. The van der Waals surface area contributed by atoms with Gasteiger partial charge in [0, 0.05) is 11.3 Å². The van der Waals surface area contributed by atoms with Gasteiger partial charge in [-0.15, -0.1) is 0 Å². The summed E-state index contributed by atoms with van der Waals surface area (Å²) in [7, 11) is 0. The van der Waals surface area contributed by atoms with Crippen molar-refractivity contribution >= 4 is 11.8 Å². The molecule has 2 heteroatoms. The normalized spacial score (nSPS) is 14.4. The molecule has 2 atom stereocenters. The Morgan fingerprint density at radius 2 is 2.00 bits per heavy atom. The fourth-order valence-electron chi connectivity index (χ4n) is 2.00. The van der Waals surface area contributed by atoms with Crippen LogP contribution in [-0.2, 0) is 6.42 Å². The number of aryl methyl sites for hydroxylation is 2. The minimum Gasteiger partial charge on any atom is -0.314 e. The van der Waals surface area contributed by atoms with Crippen molar-refractivity contribution in [2.45, 2.75) is 51.3 Å². The Bertz CT molecular complexity index is 338. The second-order valence-corrected chi connectivity index (χ2v) is 6.49. The summed E-state index contributed by atoms with van der Waals surface area (Å²) in [5.41, 5.74) is 2.82. The zero-order valence-corrected chi connectivity index (χ0v) is 13.0. The van der Waals surface area contributed by atoms with Gasteiger partial charge in [0.2, 0.25) is 0 Å². The molecule has 0 aliphatic carbocycles. The fourth-order valence-corrected chi connectivity index (χ4v) is 2.36. The van der Waals surface area contributed by atoms with Crippen molar-refractivity contribution in [1.29, 1.82) is 0 Å². The van der Waals surface area contributed by atoms with Crippen LogP contribution in [0.5, 0.6) is 0 Å². The molecular weight excluding hydrogens is 238 g/mol. The van der Waals surface area contributed by atoms with Crippen molar-refractivity contribution in [3.05, 3.63) is 35.4 Å². The van der Waals surface area contributed by atoms with E-state index >= 15 is 0 Å². The molecule has 1 nitrogen and oxygen atoms in total. The van der Waals surface area contributed by atoms with Crippen LogP contribution in [0.2, 0.25) is 0 Å². The smallest absolute Gasteiger partial charge is 0.00418 e. The molecule has 0 saturated heterocycles. The standard InChI is InChI=1S/C16H27NS/c1-13-6-5-7-16(12-13)9-8-14(2)17-11-10-15(3)18-4/h5-7,12,14-15,17H,8-11H2,1-4H3. The van der Waals surface area contributed by atoms with Gasteiger partial charge in [-0.05, 0) is 51.5 Å². The Morgan fingerprint density at radius 1 is 1.22 bits per heavy atom. The average molecular weight is 265 g/mol. The molecule has 0 amide bonds. The van der Waals surface area contributed by atoms with Gasteiger partial charge in [0.05, 0.1) is 0 Å². The molecular formula is C16H27NS. The molecule has 2 unspecified atom stereocenters. The Balaban J connectivity index is 2.19. The van der Waals surface area contributed by atoms with Crippen LogP contribution in [0.1, 0.15) is 37.8 Å². The van der Waals surface area contributed by atoms with Crippen LogP contribution in [0, 0.1) is 6.92 Å². The van der Waals surface area contributed by atoms with E-state index in [-0.39, 0.29) is 0 Å². The highest BCUT2D eigenvalue weighted by atomic mass is 32.2. The van der Waals surface area contributed by atoms with Crippen LogP contribution < -0.4 is 5.32 Å². The monoisotopic (exact) mass is 265 g/mol. The summed E-state index contributed by atoms with van der Waals surface area (Å²) in [6.45, 7) is 7.88. The van der Waals surface area contributed by atoms with E-state index in [0.29, 0.717) is 6.04 Å². The van der Waals surface area contributed by atoms with Crippen LogP contribution in [-0.4, -0.2) is 24.1 Å².